The van der Waals surface area contributed by atoms with E-state index in [1.165, 1.54) is 31.4 Å². The Hall–Kier alpha value is -1.40. The third kappa shape index (κ3) is 4.04. The molecule has 106 valence electrons. The summed E-state index contributed by atoms with van der Waals surface area (Å²) in [5, 5.41) is 0. The highest BCUT2D eigenvalue weighted by molar-refractivity contribution is 7.89. The summed E-state index contributed by atoms with van der Waals surface area (Å²) in [6.07, 6.45) is 1.43. The number of carbonyl (C=O) groups is 1. The summed E-state index contributed by atoms with van der Waals surface area (Å²) in [5.74, 6) is -0.556. The minimum Gasteiger partial charge on any atom is -0.465 e. The maximum atomic E-state index is 12.2. The van der Waals surface area contributed by atoms with Crippen molar-refractivity contribution in [3.63, 3.8) is 0 Å². The van der Waals surface area contributed by atoms with Crippen LogP contribution in [-0.4, -0.2) is 27.5 Å². The summed E-state index contributed by atoms with van der Waals surface area (Å²) < 4.78 is 31.5. The summed E-state index contributed by atoms with van der Waals surface area (Å²) in [6.45, 7) is 3.84. The molecule has 0 aliphatic carbocycles. The number of sulfonamides is 1. The molecule has 0 aromatic heterocycles. The van der Waals surface area contributed by atoms with Crippen molar-refractivity contribution in [1.29, 1.82) is 0 Å². The lowest BCUT2D eigenvalue weighted by atomic mass is 10.2. The molecular weight excluding hydrogens is 266 g/mol. The molecule has 1 rings (SSSR count). The average molecular weight is 285 g/mol. The van der Waals surface area contributed by atoms with Gasteiger partial charge in [0.15, 0.2) is 0 Å². The van der Waals surface area contributed by atoms with Crippen LogP contribution >= 0.6 is 0 Å². The molecule has 0 radical (unpaired) electrons. The van der Waals surface area contributed by atoms with Gasteiger partial charge in [-0.05, 0) is 31.0 Å². The van der Waals surface area contributed by atoms with E-state index in [4.69, 9.17) is 0 Å². The molecule has 1 aromatic carbocycles. The van der Waals surface area contributed by atoms with Crippen LogP contribution in [0.2, 0.25) is 0 Å². The summed E-state index contributed by atoms with van der Waals surface area (Å²) >= 11 is 0. The van der Waals surface area contributed by atoms with Gasteiger partial charge in [0.2, 0.25) is 10.0 Å². The number of hydrogen-bond donors (Lipinski definition) is 1. The SMILES string of the molecule is CCC(CC)NS(=O)(=O)c1cccc(C(=O)OC)c1. The Morgan fingerprint density at radius 2 is 1.95 bits per heavy atom. The van der Waals surface area contributed by atoms with Gasteiger partial charge in [0, 0.05) is 6.04 Å². The Labute approximate surface area is 114 Å². The predicted octanol–water partition coefficient (Wildman–Crippen LogP) is 1.94. The molecule has 0 spiro atoms. The Bertz CT molecular complexity index is 535. The second kappa shape index (κ2) is 6.68. The van der Waals surface area contributed by atoms with Gasteiger partial charge in [-0.1, -0.05) is 19.9 Å². The topological polar surface area (TPSA) is 72.5 Å². The lowest BCUT2D eigenvalue weighted by molar-refractivity contribution is 0.0600. The molecular formula is C13H19NO4S. The molecule has 0 aliphatic heterocycles. The summed E-state index contributed by atoms with van der Waals surface area (Å²) in [5.41, 5.74) is 0.218. The zero-order valence-corrected chi connectivity index (χ0v) is 12.2. The molecule has 0 unspecified atom stereocenters. The van der Waals surface area contributed by atoms with Gasteiger partial charge in [-0.15, -0.1) is 0 Å². The molecule has 0 atom stereocenters. The molecule has 19 heavy (non-hydrogen) atoms. The number of methoxy groups -OCH3 is 1. The van der Waals surface area contributed by atoms with E-state index in [9.17, 15) is 13.2 Å². The van der Waals surface area contributed by atoms with Gasteiger partial charge in [0.1, 0.15) is 0 Å². The Balaban J connectivity index is 3.05. The van der Waals surface area contributed by atoms with Gasteiger partial charge in [0.05, 0.1) is 17.6 Å². The average Bonchev–Trinajstić information content (AvgIpc) is 2.44. The maximum Gasteiger partial charge on any atom is 0.337 e. The molecule has 0 heterocycles. The van der Waals surface area contributed by atoms with Gasteiger partial charge in [0.25, 0.3) is 0 Å². The van der Waals surface area contributed by atoms with Gasteiger partial charge in [-0.25, -0.2) is 17.9 Å². The molecule has 0 bridgehead atoms. The van der Waals surface area contributed by atoms with Crippen molar-refractivity contribution < 1.29 is 17.9 Å². The van der Waals surface area contributed by atoms with E-state index in [2.05, 4.69) is 9.46 Å². The fourth-order valence-electron chi connectivity index (χ4n) is 1.65. The van der Waals surface area contributed by atoms with Crippen molar-refractivity contribution >= 4 is 16.0 Å². The number of carbonyl (C=O) groups excluding carboxylic acids is 1. The zero-order chi connectivity index (χ0) is 14.5. The normalized spacial score (nSPS) is 11.6. The van der Waals surface area contributed by atoms with E-state index in [0.717, 1.165) is 0 Å². The van der Waals surface area contributed by atoms with Crippen LogP contribution < -0.4 is 4.72 Å². The van der Waals surface area contributed by atoms with E-state index in [0.29, 0.717) is 12.8 Å². The third-order valence-electron chi connectivity index (χ3n) is 2.87. The molecule has 0 fully saturated rings. The van der Waals surface area contributed by atoms with Crippen LogP contribution in [0.3, 0.4) is 0 Å². The van der Waals surface area contributed by atoms with E-state index in [-0.39, 0.29) is 16.5 Å². The Morgan fingerprint density at radius 1 is 1.32 bits per heavy atom. The van der Waals surface area contributed by atoms with Crippen LogP contribution in [0.15, 0.2) is 29.2 Å². The van der Waals surface area contributed by atoms with Crippen LogP contribution in [0.5, 0.6) is 0 Å². The first kappa shape index (κ1) is 15.7. The fraction of sp³-hybridized carbons (Fsp3) is 0.462. The van der Waals surface area contributed by atoms with Crippen molar-refractivity contribution in [3.05, 3.63) is 29.8 Å². The van der Waals surface area contributed by atoms with Crippen molar-refractivity contribution in [2.75, 3.05) is 7.11 Å². The molecule has 0 saturated carbocycles. The van der Waals surface area contributed by atoms with Crippen LogP contribution in [0.1, 0.15) is 37.0 Å². The minimum absolute atomic E-state index is 0.0716. The summed E-state index contributed by atoms with van der Waals surface area (Å²) in [7, 11) is -2.35. The highest BCUT2D eigenvalue weighted by Gasteiger charge is 2.19. The third-order valence-corrected chi connectivity index (χ3v) is 4.39. The first-order valence-corrected chi connectivity index (χ1v) is 7.63. The summed E-state index contributed by atoms with van der Waals surface area (Å²) in [6, 6.07) is 5.70. The fourth-order valence-corrected chi connectivity index (χ4v) is 3.10. The van der Waals surface area contributed by atoms with Crippen molar-refractivity contribution in [2.24, 2.45) is 0 Å². The second-order valence-electron chi connectivity index (χ2n) is 4.15. The monoisotopic (exact) mass is 285 g/mol. The highest BCUT2D eigenvalue weighted by atomic mass is 32.2. The van der Waals surface area contributed by atoms with Gasteiger partial charge in [-0.2, -0.15) is 0 Å². The Morgan fingerprint density at radius 3 is 2.47 bits per heavy atom. The molecule has 0 saturated heterocycles. The first-order chi connectivity index (χ1) is 8.94. The van der Waals surface area contributed by atoms with Crippen LogP contribution in [0.25, 0.3) is 0 Å². The largest absolute Gasteiger partial charge is 0.465 e. The molecule has 5 nitrogen and oxygen atoms in total. The van der Waals surface area contributed by atoms with Crippen LogP contribution in [-0.2, 0) is 14.8 Å². The number of benzene rings is 1. The van der Waals surface area contributed by atoms with Gasteiger partial charge in [-0.3, -0.25) is 0 Å². The van der Waals surface area contributed by atoms with Crippen molar-refractivity contribution in [3.8, 4) is 0 Å². The van der Waals surface area contributed by atoms with E-state index < -0.39 is 16.0 Å². The number of esters is 1. The maximum absolute atomic E-state index is 12.2. The van der Waals surface area contributed by atoms with Gasteiger partial charge >= 0.3 is 5.97 Å². The highest BCUT2D eigenvalue weighted by Crippen LogP contribution is 2.14. The minimum atomic E-state index is -3.61. The number of hydrogen-bond acceptors (Lipinski definition) is 4. The van der Waals surface area contributed by atoms with Gasteiger partial charge < -0.3 is 4.74 Å². The van der Waals surface area contributed by atoms with Crippen LogP contribution in [0.4, 0.5) is 0 Å². The standard InChI is InChI=1S/C13H19NO4S/c1-4-11(5-2)14-19(16,17)12-8-6-7-10(9-12)13(15)18-3/h6-9,11,14H,4-5H2,1-3H3. The Kier molecular flexibility index (Phi) is 5.50. The van der Waals surface area contributed by atoms with E-state index in [1.54, 1.807) is 0 Å². The number of rotatable bonds is 6. The van der Waals surface area contributed by atoms with Crippen molar-refractivity contribution in [1.82, 2.24) is 4.72 Å². The number of ether oxygens (including phenoxy) is 1. The number of nitrogens with one attached hydrogen (secondary N) is 1. The lowest BCUT2D eigenvalue weighted by Gasteiger charge is -2.15. The predicted molar refractivity (Wildman–Crippen MR) is 72.5 cm³/mol. The van der Waals surface area contributed by atoms with Crippen LogP contribution in [0, 0.1) is 0 Å². The zero-order valence-electron chi connectivity index (χ0n) is 11.3. The summed E-state index contributed by atoms with van der Waals surface area (Å²) in [4.78, 5) is 11.5. The molecule has 6 heteroatoms. The van der Waals surface area contributed by atoms with Crippen molar-refractivity contribution in [2.45, 2.75) is 37.6 Å². The van der Waals surface area contributed by atoms with E-state index >= 15 is 0 Å². The second-order valence-corrected chi connectivity index (χ2v) is 5.87. The van der Waals surface area contributed by atoms with E-state index in [1.807, 2.05) is 13.8 Å². The molecule has 0 amide bonds. The quantitative estimate of drug-likeness (QED) is 0.811. The molecule has 0 aliphatic rings. The molecule has 1 aromatic rings. The smallest absolute Gasteiger partial charge is 0.337 e. The molecule has 1 N–H and O–H groups in total. The lowest BCUT2D eigenvalue weighted by Crippen LogP contribution is -2.33. The first-order valence-electron chi connectivity index (χ1n) is 6.15.